The number of aliphatic imine (C=N–C) groups is 1. The van der Waals surface area contributed by atoms with Crippen molar-refractivity contribution in [3.63, 3.8) is 0 Å². The van der Waals surface area contributed by atoms with Gasteiger partial charge in [0.2, 0.25) is 53.2 Å². The Bertz CT molecular complexity index is 2020. The molecule has 1 rings (SSSR count). The van der Waals surface area contributed by atoms with Crippen LogP contribution in [-0.4, -0.2) is 170 Å². The molecular formula is C43H75N15O13S. The van der Waals surface area contributed by atoms with Crippen LogP contribution < -0.4 is 65.5 Å². The number of aliphatic hydroxyl groups is 2. The summed E-state index contributed by atoms with van der Waals surface area (Å²) in [5, 5.41) is 49.7. The molecule has 0 bridgehead atoms. The number of carboxylic acids is 1. The van der Waals surface area contributed by atoms with Crippen molar-refractivity contribution in [2.75, 3.05) is 18.9 Å². The van der Waals surface area contributed by atoms with Crippen molar-refractivity contribution in [3.05, 3.63) is 18.2 Å². The molecule has 1 aromatic heterocycles. The quantitative estimate of drug-likeness (QED) is 0.0135. The van der Waals surface area contributed by atoms with Crippen LogP contribution in [0.25, 0.3) is 0 Å². The first kappa shape index (κ1) is 63.4. The average molecular weight is 1040 g/mol. The third kappa shape index (κ3) is 22.7. The molecule has 20 N–H and O–H groups in total. The van der Waals surface area contributed by atoms with E-state index in [-0.39, 0.29) is 43.4 Å². The highest BCUT2D eigenvalue weighted by Gasteiger charge is 2.37. The van der Waals surface area contributed by atoms with E-state index in [1.54, 1.807) is 27.7 Å². The van der Waals surface area contributed by atoms with Gasteiger partial charge in [-0.3, -0.25) is 48.1 Å². The summed E-state index contributed by atoms with van der Waals surface area (Å²) in [5.74, 6) is -11.6. The summed E-state index contributed by atoms with van der Waals surface area (Å²) in [6.07, 6.45) is 0.578. The number of hydrogen-bond acceptors (Lipinski definition) is 16. The molecule has 0 saturated heterocycles. The Kier molecular flexibility index (Phi) is 27.9. The molecule has 0 radical (unpaired) electrons. The Morgan fingerprint density at radius 2 is 1.14 bits per heavy atom. The number of primary amides is 1. The Morgan fingerprint density at radius 3 is 1.64 bits per heavy atom. The number of carboxylic acid groups (broad SMARTS) is 1. The molecule has 1 aromatic rings. The SMILES string of the molecule is CC(C)C[C@H](NC(=O)[C@@H](N)CCCN=C(N)N)C(=O)N[C@@H](CS)C(=O)N[C@H](C(=O)N[C@@H](CCC(N)=O)C(=O)N[C@@H](CO)C(=O)N[C@H](C(=O)N[C@@H](Cc1cnc[nH]1)C(=O)N[C@H](C(=O)O)C(C)C)[C@@H](C)O)C(C)C. The first-order valence-electron chi connectivity index (χ1n) is 23.3. The number of aliphatic carboxylic acids is 1. The zero-order valence-corrected chi connectivity index (χ0v) is 42.5. The summed E-state index contributed by atoms with van der Waals surface area (Å²) < 4.78 is 0. The van der Waals surface area contributed by atoms with Crippen molar-refractivity contribution < 1.29 is 63.3 Å². The molecule has 0 aliphatic rings. The van der Waals surface area contributed by atoms with E-state index in [2.05, 4.69) is 70.1 Å². The van der Waals surface area contributed by atoms with E-state index < -0.39 is 151 Å². The van der Waals surface area contributed by atoms with Gasteiger partial charge in [0.1, 0.15) is 48.3 Å². The minimum atomic E-state index is -1.86. The summed E-state index contributed by atoms with van der Waals surface area (Å²) in [7, 11) is 0. The van der Waals surface area contributed by atoms with Crippen molar-refractivity contribution in [2.24, 2.45) is 45.7 Å². The van der Waals surface area contributed by atoms with Crippen LogP contribution in [0.15, 0.2) is 17.5 Å². The highest BCUT2D eigenvalue weighted by molar-refractivity contribution is 7.80. The smallest absolute Gasteiger partial charge is 0.326 e. The van der Waals surface area contributed by atoms with Gasteiger partial charge in [0.25, 0.3) is 0 Å². The van der Waals surface area contributed by atoms with Crippen LogP contribution in [0.5, 0.6) is 0 Å². The number of H-pyrrole nitrogens is 1. The average Bonchev–Trinajstić information content (AvgIpc) is 3.81. The van der Waals surface area contributed by atoms with Gasteiger partial charge < -0.3 is 85.8 Å². The zero-order valence-electron chi connectivity index (χ0n) is 41.6. The molecule has 0 aliphatic carbocycles. The second-order valence-corrected chi connectivity index (χ2v) is 18.5. The number of carbonyl (C=O) groups is 10. The van der Waals surface area contributed by atoms with Gasteiger partial charge >= 0.3 is 5.97 Å². The first-order valence-corrected chi connectivity index (χ1v) is 23.9. The maximum Gasteiger partial charge on any atom is 0.326 e. The van der Waals surface area contributed by atoms with Crippen LogP contribution in [0.4, 0.5) is 0 Å². The minimum absolute atomic E-state index is 0.101. The first-order chi connectivity index (χ1) is 33.6. The number of imidazole rings is 1. The lowest BCUT2D eigenvalue weighted by Gasteiger charge is -2.29. The molecule has 28 nitrogen and oxygen atoms in total. The van der Waals surface area contributed by atoms with E-state index in [0.29, 0.717) is 12.1 Å². The molecule has 406 valence electrons. The summed E-state index contributed by atoms with van der Waals surface area (Å²) in [4.78, 5) is 142. The topological polar surface area (TPSA) is 473 Å². The number of hydrogen-bond donors (Lipinski definition) is 17. The van der Waals surface area contributed by atoms with Gasteiger partial charge in [-0.15, -0.1) is 0 Å². The lowest BCUT2D eigenvalue weighted by Crippen LogP contribution is -2.63. The number of guanidine groups is 1. The van der Waals surface area contributed by atoms with Gasteiger partial charge in [-0.05, 0) is 50.4 Å². The monoisotopic (exact) mass is 1040 g/mol. The highest BCUT2D eigenvalue weighted by Crippen LogP contribution is 2.11. The molecule has 29 heteroatoms. The molecule has 0 spiro atoms. The zero-order chi connectivity index (χ0) is 55.0. The number of aromatic amines is 1. The summed E-state index contributed by atoms with van der Waals surface area (Å²) >= 11 is 4.21. The Balaban J connectivity index is 3.25. The fourth-order valence-corrected chi connectivity index (χ4v) is 6.94. The molecule has 72 heavy (non-hydrogen) atoms. The number of amides is 9. The number of aromatic nitrogens is 2. The number of nitrogens with two attached hydrogens (primary N) is 4. The molecule has 0 unspecified atom stereocenters. The second kappa shape index (κ2) is 31.7. The Morgan fingerprint density at radius 1 is 0.653 bits per heavy atom. The molecule has 1 heterocycles. The number of aliphatic hydroxyl groups excluding tert-OH is 2. The van der Waals surface area contributed by atoms with Crippen LogP contribution in [0.3, 0.4) is 0 Å². The van der Waals surface area contributed by atoms with Gasteiger partial charge in [-0.2, -0.15) is 12.6 Å². The molecule has 10 atom stereocenters. The molecule has 0 fully saturated rings. The number of carbonyl (C=O) groups excluding carboxylic acids is 9. The van der Waals surface area contributed by atoms with Crippen LogP contribution in [0, 0.1) is 17.8 Å². The third-order valence-electron chi connectivity index (χ3n) is 10.7. The van der Waals surface area contributed by atoms with E-state index in [4.69, 9.17) is 22.9 Å². The van der Waals surface area contributed by atoms with E-state index in [9.17, 15) is 63.3 Å². The largest absolute Gasteiger partial charge is 0.480 e. The summed E-state index contributed by atoms with van der Waals surface area (Å²) in [6, 6.07) is -13.0. The van der Waals surface area contributed by atoms with E-state index >= 15 is 0 Å². The minimum Gasteiger partial charge on any atom is -0.480 e. The maximum absolute atomic E-state index is 13.8. The fourth-order valence-electron chi connectivity index (χ4n) is 6.68. The lowest BCUT2D eigenvalue weighted by molar-refractivity contribution is -0.143. The Labute approximate surface area is 422 Å². The normalized spacial score (nSPS) is 15.4. The standard InChI is InChI=1S/C43H75N15O13S/c1-19(2)13-26(52-34(62)24(44)9-8-12-49-43(46)47)36(64)55-29(17-72)39(67)56-31(20(3)4)40(68)51-25(10-11-30(45)61)35(63)54-28(16-59)38(66)58-33(22(7)60)41(69)53-27(14-23-15-48-18-50-23)37(65)57-32(21(5)6)42(70)71/h15,18-22,24-29,31-33,59-60,72H,8-14,16-17,44H2,1-7H3,(H2,45,61)(H,48,50)(H,51,68)(H,52,62)(H,53,69)(H,54,63)(H,55,64)(H,56,67)(H,57,65)(H,58,66)(H,70,71)(H4,46,47,49)/t22-,24+,25+,26+,27+,28+,29+,31+,32+,33+/m1/s1. The van der Waals surface area contributed by atoms with Gasteiger partial charge in [-0.1, -0.05) is 41.5 Å². The maximum atomic E-state index is 13.8. The summed E-state index contributed by atoms with van der Waals surface area (Å²) in [6.45, 7) is 10.1. The molecule has 0 aromatic carbocycles. The second-order valence-electron chi connectivity index (χ2n) is 18.2. The highest BCUT2D eigenvalue weighted by atomic mass is 32.1. The number of rotatable bonds is 33. The molecule has 0 aliphatic heterocycles. The third-order valence-corrected chi connectivity index (χ3v) is 11.1. The molecule has 0 saturated carbocycles. The van der Waals surface area contributed by atoms with Crippen molar-refractivity contribution >= 4 is 77.7 Å². The van der Waals surface area contributed by atoms with Crippen LogP contribution in [0.2, 0.25) is 0 Å². The predicted octanol–water partition coefficient (Wildman–Crippen LogP) is -5.78. The van der Waals surface area contributed by atoms with Crippen molar-refractivity contribution in [3.8, 4) is 0 Å². The molecule has 9 amide bonds. The van der Waals surface area contributed by atoms with Crippen molar-refractivity contribution in [1.29, 1.82) is 0 Å². The predicted molar refractivity (Wildman–Crippen MR) is 263 cm³/mol. The number of nitrogens with one attached hydrogen (secondary N) is 9. The van der Waals surface area contributed by atoms with Crippen LogP contribution in [0.1, 0.15) is 86.3 Å². The van der Waals surface area contributed by atoms with Crippen LogP contribution in [-0.2, 0) is 54.4 Å². The van der Waals surface area contributed by atoms with Crippen molar-refractivity contribution in [2.45, 2.75) is 147 Å². The number of nitrogens with zero attached hydrogens (tertiary/aromatic N) is 2. The van der Waals surface area contributed by atoms with Gasteiger partial charge in [0.15, 0.2) is 5.96 Å². The number of thiol groups is 1. The fraction of sp³-hybridized carbons (Fsp3) is 0.674. The lowest BCUT2D eigenvalue weighted by atomic mass is 10.0. The van der Waals surface area contributed by atoms with E-state index in [0.717, 1.165) is 6.92 Å². The van der Waals surface area contributed by atoms with E-state index in [1.165, 1.54) is 12.5 Å². The Hall–Kier alpha value is -6.59. The van der Waals surface area contributed by atoms with Gasteiger partial charge in [0.05, 0.1) is 25.1 Å². The van der Waals surface area contributed by atoms with Gasteiger partial charge in [0, 0.05) is 37.0 Å². The van der Waals surface area contributed by atoms with Crippen LogP contribution >= 0.6 is 12.6 Å². The van der Waals surface area contributed by atoms with E-state index in [1.807, 2.05) is 13.8 Å². The van der Waals surface area contributed by atoms with Crippen molar-refractivity contribution in [1.82, 2.24) is 52.5 Å². The molecular weight excluding hydrogens is 967 g/mol. The van der Waals surface area contributed by atoms with Gasteiger partial charge in [-0.25, -0.2) is 9.78 Å². The summed E-state index contributed by atoms with van der Waals surface area (Å²) in [5.41, 5.74) is 22.4.